The van der Waals surface area contributed by atoms with Crippen LogP contribution in [0.25, 0.3) is 10.9 Å². The van der Waals surface area contributed by atoms with Crippen LogP contribution in [0.5, 0.6) is 5.75 Å². The van der Waals surface area contributed by atoms with E-state index in [2.05, 4.69) is 0 Å². The van der Waals surface area contributed by atoms with Gasteiger partial charge in [-0.15, -0.1) is 0 Å². The number of aromatic nitrogens is 1. The van der Waals surface area contributed by atoms with Crippen LogP contribution in [0.2, 0.25) is 5.02 Å². The summed E-state index contributed by atoms with van der Waals surface area (Å²) in [6, 6.07) is 3.37. The Morgan fingerprint density at radius 2 is 2.13 bits per heavy atom. The minimum absolute atomic E-state index is 0.0790. The first kappa shape index (κ1) is 11.0. The Kier molecular flexibility index (Phi) is 2.81. The molecule has 2 nitrogen and oxygen atoms in total. The number of hydrogen-bond donors (Lipinski definition) is 0. The molecule has 0 saturated carbocycles. The van der Waals surface area contributed by atoms with Crippen molar-refractivity contribution in [2.24, 2.45) is 0 Å². The van der Waals surface area contributed by atoms with Crippen molar-refractivity contribution in [1.29, 1.82) is 0 Å². The van der Waals surface area contributed by atoms with Gasteiger partial charge in [0.05, 0.1) is 40.5 Å². The molecule has 0 spiro atoms. The first-order valence-electron chi connectivity index (χ1n) is 4.26. The van der Waals surface area contributed by atoms with E-state index in [-0.39, 0.29) is 5.02 Å². The van der Waals surface area contributed by atoms with Gasteiger partial charge in [-0.05, 0) is 13.0 Å². The van der Waals surface area contributed by atoms with Crippen LogP contribution in [-0.2, 0) is 0 Å². The molecule has 2 aromatic rings. The molecule has 0 bridgehead atoms. The Morgan fingerprint density at radius 3 is 2.73 bits per heavy atom. The third-order valence-corrected chi connectivity index (χ3v) is 3.79. The van der Waals surface area contributed by atoms with Gasteiger partial charge in [0.2, 0.25) is 0 Å². The van der Waals surface area contributed by atoms with Crippen molar-refractivity contribution >= 4 is 45.4 Å². The van der Waals surface area contributed by atoms with E-state index in [1.54, 1.807) is 9.89 Å². The number of fused-ring (bicyclic) bond motifs is 1. The molecule has 0 amide bonds. The SMILES string of the molecule is COc1cc(Cl)c(F)c2c1cc(C)n2I. The first-order valence-corrected chi connectivity index (χ1v) is 5.60. The van der Waals surface area contributed by atoms with Gasteiger partial charge >= 0.3 is 0 Å². The lowest BCUT2D eigenvalue weighted by molar-refractivity contribution is 0.419. The Bertz CT molecular complexity index is 538. The topological polar surface area (TPSA) is 14.2 Å². The molecular weight excluding hydrogens is 331 g/mol. The zero-order valence-corrected chi connectivity index (χ0v) is 11.1. The predicted molar refractivity (Wildman–Crippen MR) is 67.6 cm³/mol. The van der Waals surface area contributed by atoms with E-state index in [0.29, 0.717) is 11.3 Å². The number of methoxy groups -OCH3 is 1. The zero-order chi connectivity index (χ0) is 11.2. The second-order valence-electron chi connectivity index (χ2n) is 3.20. The first-order chi connectivity index (χ1) is 7.06. The summed E-state index contributed by atoms with van der Waals surface area (Å²) in [5, 5.41) is 0.821. The number of hydrogen-bond acceptors (Lipinski definition) is 1. The predicted octanol–water partition coefficient (Wildman–Crippen LogP) is 3.95. The minimum Gasteiger partial charge on any atom is -0.496 e. The van der Waals surface area contributed by atoms with Gasteiger partial charge in [0.1, 0.15) is 5.75 Å². The van der Waals surface area contributed by atoms with E-state index in [4.69, 9.17) is 16.3 Å². The molecule has 5 heteroatoms. The lowest BCUT2D eigenvalue weighted by atomic mass is 10.2. The zero-order valence-electron chi connectivity index (χ0n) is 8.14. The van der Waals surface area contributed by atoms with Crippen LogP contribution in [0.3, 0.4) is 0 Å². The van der Waals surface area contributed by atoms with E-state index in [1.165, 1.54) is 6.07 Å². The van der Waals surface area contributed by atoms with Gasteiger partial charge < -0.3 is 4.74 Å². The highest BCUT2D eigenvalue weighted by molar-refractivity contribution is 14.1. The van der Waals surface area contributed by atoms with Gasteiger partial charge in [-0.1, -0.05) is 11.6 Å². The summed E-state index contributed by atoms with van der Waals surface area (Å²) in [7, 11) is 1.54. The van der Waals surface area contributed by atoms with Crippen LogP contribution in [0, 0.1) is 12.7 Å². The number of benzene rings is 1. The molecule has 1 aromatic heterocycles. The molecule has 0 unspecified atom stereocenters. The molecule has 15 heavy (non-hydrogen) atoms. The highest BCUT2D eigenvalue weighted by Gasteiger charge is 2.16. The van der Waals surface area contributed by atoms with Crippen LogP contribution in [0.1, 0.15) is 5.69 Å². The fraction of sp³-hybridized carbons (Fsp3) is 0.200. The smallest absolute Gasteiger partial charge is 0.167 e. The summed E-state index contributed by atoms with van der Waals surface area (Å²) in [6.07, 6.45) is 0. The van der Waals surface area contributed by atoms with E-state index >= 15 is 0 Å². The molecule has 0 N–H and O–H groups in total. The van der Waals surface area contributed by atoms with Gasteiger partial charge in [-0.2, -0.15) is 0 Å². The molecule has 0 fully saturated rings. The Labute approximate surface area is 105 Å². The fourth-order valence-electron chi connectivity index (χ4n) is 1.55. The fourth-order valence-corrected chi connectivity index (χ4v) is 2.35. The monoisotopic (exact) mass is 339 g/mol. The van der Waals surface area contributed by atoms with E-state index in [1.807, 2.05) is 35.9 Å². The Hall–Kier alpha value is -0.490. The molecule has 0 saturated heterocycles. The van der Waals surface area contributed by atoms with Crippen molar-refractivity contribution in [3.8, 4) is 5.75 Å². The van der Waals surface area contributed by atoms with Crippen molar-refractivity contribution < 1.29 is 9.13 Å². The Balaban J connectivity index is 2.96. The molecule has 0 aliphatic heterocycles. The number of nitrogens with zero attached hydrogens (tertiary/aromatic N) is 1. The van der Waals surface area contributed by atoms with E-state index in [0.717, 1.165) is 11.1 Å². The number of rotatable bonds is 1. The van der Waals surface area contributed by atoms with Crippen LogP contribution >= 0.6 is 34.5 Å². The van der Waals surface area contributed by atoms with Crippen molar-refractivity contribution in [3.05, 3.63) is 28.7 Å². The summed E-state index contributed by atoms with van der Waals surface area (Å²) >= 11 is 7.82. The molecule has 0 radical (unpaired) electrons. The summed E-state index contributed by atoms with van der Waals surface area (Å²) in [4.78, 5) is 0. The maximum Gasteiger partial charge on any atom is 0.167 e. The average molecular weight is 340 g/mol. The van der Waals surface area contributed by atoms with Gasteiger partial charge in [-0.25, -0.2) is 4.39 Å². The summed E-state index contributed by atoms with van der Waals surface area (Å²) in [6.45, 7) is 1.90. The summed E-state index contributed by atoms with van der Waals surface area (Å²) in [5.41, 5.74) is 1.42. The summed E-state index contributed by atoms with van der Waals surface area (Å²) in [5.74, 6) is 0.185. The quantitative estimate of drug-likeness (QED) is 0.718. The standard InChI is InChI=1S/C10H8ClFINO/c1-5-3-6-8(15-2)4-7(11)9(12)10(6)14(5)13/h3-4H,1-2H3. The largest absolute Gasteiger partial charge is 0.496 e. The second kappa shape index (κ2) is 3.83. The van der Waals surface area contributed by atoms with Gasteiger partial charge in [0.15, 0.2) is 5.82 Å². The molecule has 1 aromatic carbocycles. The van der Waals surface area contributed by atoms with Crippen molar-refractivity contribution in [2.75, 3.05) is 7.11 Å². The molecule has 1 heterocycles. The maximum atomic E-state index is 13.8. The normalized spacial score (nSPS) is 11.0. The third kappa shape index (κ3) is 1.59. The van der Waals surface area contributed by atoms with Gasteiger partial charge in [0, 0.05) is 17.1 Å². The lowest BCUT2D eigenvalue weighted by Crippen LogP contribution is -1.90. The summed E-state index contributed by atoms with van der Waals surface area (Å²) < 4.78 is 20.7. The molecule has 0 aliphatic rings. The number of ether oxygens (including phenoxy) is 1. The molecule has 80 valence electrons. The highest BCUT2D eigenvalue weighted by atomic mass is 127. The van der Waals surface area contributed by atoms with Crippen molar-refractivity contribution in [1.82, 2.24) is 2.78 Å². The molecule has 0 aliphatic carbocycles. The van der Waals surface area contributed by atoms with Crippen LogP contribution in [0.15, 0.2) is 12.1 Å². The average Bonchev–Trinajstić information content (AvgIpc) is 2.50. The van der Waals surface area contributed by atoms with E-state index in [9.17, 15) is 4.39 Å². The van der Waals surface area contributed by atoms with Crippen LogP contribution in [-0.4, -0.2) is 9.89 Å². The molecular formula is C10H8ClFINO. The third-order valence-electron chi connectivity index (χ3n) is 2.28. The lowest BCUT2D eigenvalue weighted by Gasteiger charge is -2.05. The number of halogens is 3. The van der Waals surface area contributed by atoms with E-state index < -0.39 is 5.82 Å². The highest BCUT2D eigenvalue weighted by Crippen LogP contribution is 2.36. The van der Waals surface area contributed by atoms with Crippen LogP contribution < -0.4 is 4.74 Å². The maximum absolute atomic E-state index is 13.8. The van der Waals surface area contributed by atoms with Crippen LogP contribution in [0.4, 0.5) is 4.39 Å². The Morgan fingerprint density at radius 1 is 1.47 bits per heavy atom. The van der Waals surface area contributed by atoms with Gasteiger partial charge in [0.25, 0.3) is 0 Å². The second-order valence-corrected chi connectivity index (χ2v) is 4.58. The minimum atomic E-state index is -0.407. The molecule has 0 atom stereocenters. The van der Waals surface area contributed by atoms with Crippen molar-refractivity contribution in [2.45, 2.75) is 6.92 Å². The molecule has 2 rings (SSSR count). The van der Waals surface area contributed by atoms with Gasteiger partial charge in [-0.3, -0.25) is 2.78 Å². The van der Waals surface area contributed by atoms with Crippen molar-refractivity contribution in [3.63, 3.8) is 0 Å². The number of aryl methyl sites for hydroxylation is 1.